The molecule has 3 aliphatic rings. The number of esters is 1. The molecule has 2 N–H and O–H groups in total. The summed E-state index contributed by atoms with van der Waals surface area (Å²) in [4.78, 5) is 77.9. The predicted molar refractivity (Wildman–Crippen MR) is 200 cm³/mol. The first-order valence-electron chi connectivity index (χ1n) is 17.1. The van der Waals surface area contributed by atoms with Gasteiger partial charge in [0.1, 0.15) is 22.9 Å². The molecule has 5 heterocycles. The van der Waals surface area contributed by atoms with Gasteiger partial charge in [-0.1, -0.05) is 28.5 Å². The van der Waals surface area contributed by atoms with Gasteiger partial charge >= 0.3 is 5.97 Å². The zero-order valence-electron chi connectivity index (χ0n) is 29.6. The summed E-state index contributed by atoms with van der Waals surface area (Å²) in [6.07, 6.45) is 5.12. The van der Waals surface area contributed by atoms with E-state index in [0.29, 0.717) is 17.5 Å². The normalized spacial score (nSPS) is 17.5. The number of aromatic nitrogens is 3. The number of carbonyl (C=O) groups is 6. The summed E-state index contributed by atoms with van der Waals surface area (Å²) >= 11 is 3.42. The number of fused-ring (bicyclic) bond motifs is 2. The summed E-state index contributed by atoms with van der Waals surface area (Å²) in [6.45, 7) is 4.54. The Labute approximate surface area is 321 Å². The lowest BCUT2D eigenvalue weighted by Gasteiger charge is -2.24. The summed E-state index contributed by atoms with van der Waals surface area (Å²) < 4.78 is 22.1. The van der Waals surface area contributed by atoms with Gasteiger partial charge in [0.25, 0.3) is 5.91 Å². The van der Waals surface area contributed by atoms with Gasteiger partial charge in [0.2, 0.25) is 11.5 Å². The van der Waals surface area contributed by atoms with Crippen LogP contribution in [-0.4, -0.2) is 68.4 Å². The van der Waals surface area contributed by atoms with Crippen LogP contribution in [-0.2, 0) is 9.53 Å². The molecule has 1 aromatic carbocycles. The van der Waals surface area contributed by atoms with Crippen LogP contribution in [0.1, 0.15) is 120 Å². The van der Waals surface area contributed by atoms with Crippen LogP contribution in [0.4, 0.5) is 0 Å². The van der Waals surface area contributed by atoms with Crippen LogP contribution < -0.4 is 5.32 Å². The topological polar surface area (TPSA) is 205 Å². The van der Waals surface area contributed by atoms with Gasteiger partial charge in [0.15, 0.2) is 28.9 Å². The highest BCUT2D eigenvalue weighted by molar-refractivity contribution is 8.25. The molecular formula is C39H32N4O10S2. The fourth-order valence-corrected chi connectivity index (χ4v) is 9.01. The van der Waals surface area contributed by atoms with E-state index in [1.54, 1.807) is 80.2 Å². The summed E-state index contributed by atoms with van der Waals surface area (Å²) in [7, 11) is 0. The third kappa shape index (κ3) is 7.29. The maximum atomic E-state index is 13.2. The molecule has 0 spiro atoms. The largest absolute Gasteiger partial charge is 0.469 e. The number of rotatable bonds is 8. The highest BCUT2D eigenvalue weighted by atomic mass is 32.2. The molecule has 2 unspecified atom stereocenters. The SMILES string of the molecule is CC(=O)c1c[nH]c2c1C(=C1SCCS1)C(=O)CC2c1ccco1.CCOC(=O)c1noc2c1C(=O)C(NC(=O)c1ccccc1)=CC2c1cc(C(C)=O)no1. The first kappa shape index (κ1) is 37.3. The second kappa shape index (κ2) is 15.8. The number of benzene rings is 1. The minimum absolute atomic E-state index is 0.0158. The van der Waals surface area contributed by atoms with Crippen LogP contribution in [0.3, 0.4) is 0 Å². The van der Waals surface area contributed by atoms with E-state index in [1.807, 2.05) is 12.1 Å². The molecule has 0 saturated carbocycles. The van der Waals surface area contributed by atoms with Gasteiger partial charge in [-0.25, -0.2) is 4.79 Å². The van der Waals surface area contributed by atoms with E-state index in [9.17, 15) is 28.8 Å². The van der Waals surface area contributed by atoms with E-state index in [-0.39, 0.29) is 64.0 Å². The highest BCUT2D eigenvalue weighted by Gasteiger charge is 2.41. The van der Waals surface area contributed by atoms with Crippen LogP contribution in [0.15, 0.2) is 90.5 Å². The van der Waals surface area contributed by atoms with E-state index in [2.05, 4.69) is 20.6 Å². The van der Waals surface area contributed by atoms with Gasteiger partial charge in [-0.3, -0.25) is 24.0 Å². The summed E-state index contributed by atoms with van der Waals surface area (Å²) in [5, 5.41) is 9.98. The minimum atomic E-state index is -0.870. The van der Waals surface area contributed by atoms with Gasteiger partial charge in [-0.15, -0.1) is 23.5 Å². The number of nitrogens with one attached hydrogen (secondary N) is 2. The van der Waals surface area contributed by atoms with E-state index >= 15 is 0 Å². The number of H-pyrrole nitrogens is 1. The molecule has 2 aliphatic carbocycles. The van der Waals surface area contributed by atoms with Crippen molar-refractivity contribution in [2.24, 2.45) is 0 Å². The second-order valence-corrected chi connectivity index (χ2v) is 14.9. The summed E-state index contributed by atoms with van der Waals surface area (Å²) in [5.74, 6) is -0.358. The number of thioether (sulfide) groups is 2. The van der Waals surface area contributed by atoms with Crippen molar-refractivity contribution < 1.29 is 47.0 Å². The van der Waals surface area contributed by atoms with Crippen molar-refractivity contribution in [1.82, 2.24) is 20.6 Å². The predicted octanol–water partition coefficient (Wildman–Crippen LogP) is 6.75. The molecule has 55 heavy (non-hydrogen) atoms. The molecular weight excluding hydrogens is 749 g/mol. The molecule has 5 aromatic rings. The lowest BCUT2D eigenvalue weighted by molar-refractivity contribution is -0.114. The Kier molecular flexibility index (Phi) is 10.7. The lowest BCUT2D eigenvalue weighted by atomic mass is 9.81. The number of ketones is 4. The number of hydrogen-bond donors (Lipinski definition) is 2. The van der Waals surface area contributed by atoms with Crippen molar-refractivity contribution in [3.8, 4) is 0 Å². The van der Waals surface area contributed by atoms with Crippen LogP contribution in [0.25, 0.3) is 5.57 Å². The molecule has 2 atom stereocenters. The number of nitrogens with zero attached hydrogens (tertiary/aromatic N) is 2. The number of Topliss-reactive ketones (excluding diaryl/α,β-unsaturated/α-hetero) is 4. The van der Waals surface area contributed by atoms with Crippen LogP contribution in [0, 0.1) is 0 Å². The van der Waals surface area contributed by atoms with Crippen LogP contribution in [0.2, 0.25) is 0 Å². The quantitative estimate of drug-likeness (QED) is 0.0950. The summed E-state index contributed by atoms with van der Waals surface area (Å²) in [6, 6.07) is 13.4. The number of amides is 1. The van der Waals surface area contributed by atoms with Crippen molar-refractivity contribution in [2.75, 3.05) is 18.1 Å². The van der Waals surface area contributed by atoms with E-state index < -0.39 is 23.6 Å². The Hall–Kier alpha value is -6.00. The van der Waals surface area contributed by atoms with Gasteiger partial charge in [0.05, 0.1) is 28.7 Å². The van der Waals surface area contributed by atoms with Crippen molar-refractivity contribution >= 4 is 64.1 Å². The van der Waals surface area contributed by atoms with Crippen molar-refractivity contribution in [1.29, 1.82) is 0 Å². The van der Waals surface area contributed by atoms with Gasteiger partial charge in [-0.2, -0.15) is 0 Å². The molecule has 8 rings (SSSR count). The van der Waals surface area contributed by atoms with E-state index in [4.69, 9.17) is 18.2 Å². The van der Waals surface area contributed by atoms with Crippen molar-refractivity contribution in [2.45, 2.75) is 39.0 Å². The molecule has 280 valence electrons. The maximum Gasteiger partial charge on any atom is 0.361 e. The Morgan fingerprint density at radius 3 is 2.36 bits per heavy atom. The molecule has 14 nitrogen and oxygen atoms in total. The lowest BCUT2D eigenvalue weighted by Crippen LogP contribution is -2.31. The second-order valence-electron chi connectivity index (χ2n) is 12.5. The maximum absolute atomic E-state index is 13.2. The molecule has 1 aliphatic heterocycles. The zero-order valence-corrected chi connectivity index (χ0v) is 31.3. The molecule has 16 heteroatoms. The number of ether oxygens (including phenoxy) is 1. The first-order valence-corrected chi connectivity index (χ1v) is 19.1. The molecule has 0 bridgehead atoms. The van der Waals surface area contributed by atoms with Gasteiger partial charge in [0, 0.05) is 65.1 Å². The van der Waals surface area contributed by atoms with Gasteiger partial charge in [-0.05, 0) is 44.2 Å². The highest BCUT2D eigenvalue weighted by Crippen LogP contribution is 2.49. The molecule has 4 aromatic heterocycles. The number of allylic oxidation sites excluding steroid dienone is 3. The van der Waals surface area contributed by atoms with Crippen molar-refractivity contribution in [3.63, 3.8) is 0 Å². The van der Waals surface area contributed by atoms with Crippen LogP contribution >= 0.6 is 23.5 Å². The molecule has 1 fully saturated rings. The average Bonchev–Trinajstić information content (AvgIpc) is 4.03. The average molecular weight is 781 g/mol. The number of carbonyl (C=O) groups excluding carboxylic acids is 6. The Morgan fingerprint density at radius 2 is 1.71 bits per heavy atom. The van der Waals surface area contributed by atoms with E-state index in [0.717, 1.165) is 38.3 Å². The standard InChI is InChI=1S/C22H17N3O7.C17H15NO3S2/c1-3-30-22(29)18-17-19(27)15(23-21(28)12-7-5-4-6-8-12)9-13(20(17)32-25-18)16-10-14(11(2)26)24-31-16;1-9(19)11-8-18-16-10(13-3-2-4-21-13)7-12(20)15(14(11)16)17-22-5-6-23-17/h4-10,13H,3H2,1-2H3,(H,23,28);2-4,8,10,18H,5-7H2,1H3. The number of aromatic amines is 1. The monoisotopic (exact) mass is 780 g/mol. The molecule has 1 amide bonds. The Morgan fingerprint density at radius 1 is 0.945 bits per heavy atom. The van der Waals surface area contributed by atoms with Crippen LogP contribution in [0.5, 0.6) is 0 Å². The molecule has 0 radical (unpaired) electrons. The van der Waals surface area contributed by atoms with E-state index in [1.165, 1.54) is 19.1 Å². The number of hydrogen-bond acceptors (Lipinski definition) is 14. The summed E-state index contributed by atoms with van der Waals surface area (Å²) in [5.41, 5.74) is 2.85. The Bertz CT molecular complexity index is 2390. The van der Waals surface area contributed by atoms with Gasteiger partial charge < -0.3 is 28.5 Å². The minimum Gasteiger partial charge on any atom is -0.469 e. The fourth-order valence-electron chi connectivity index (χ4n) is 6.41. The molecule has 1 saturated heterocycles. The zero-order chi connectivity index (χ0) is 38.8. The van der Waals surface area contributed by atoms with Crippen molar-refractivity contribution in [3.05, 3.63) is 134 Å². The third-order valence-electron chi connectivity index (χ3n) is 8.95. The third-order valence-corrected chi connectivity index (χ3v) is 11.7. The Balaban J connectivity index is 0.000000178. The fraction of sp³-hybridized carbons (Fsp3) is 0.231. The first-order chi connectivity index (χ1) is 26.6. The number of furan rings is 1. The smallest absolute Gasteiger partial charge is 0.361 e.